The van der Waals surface area contributed by atoms with Gasteiger partial charge < -0.3 is 25.4 Å². The highest BCUT2D eigenvalue weighted by atomic mass is 32.1. The lowest BCUT2D eigenvalue weighted by atomic mass is 10.00. The Morgan fingerprint density at radius 3 is 2.29 bits per heavy atom. The van der Waals surface area contributed by atoms with Crippen LogP contribution in [-0.2, 0) is 19.2 Å². The van der Waals surface area contributed by atoms with Gasteiger partial charge in [0.25, 0.3) is 5.91 Å². The van der Waals surface area contributed by atoms with E-state index in [2.05, 4.69) is 28.2 Å². The van der Waals surface area contributed by atoms with Crippen molar-refractivity contribution in [1.29, 1.82) is 0 Å². The van der Waals surface area contributed by atoms with Gasteiger partial charge in [-0.1, -0.05) is 0 Å². The Hall–Kier alpha value is -3.01. The maximum absolute atomic E-state index is 12.1. The van der Waals surface area contributed by atoms with Crippen LogP contribution in [0.2, 0.25) is 0 Å². The first-order valence-electron chi connectivity index (χ1n) is 6.60. The van der Waals surface area contributed by atoms with Crippen LogP contribution >= 0.6 is 12.2 Å². The first kappa shape index (κ1) is 17.3. The van der Waals surface area contributed by atoms with E-state index >= 15 is 0 Å². The zero-order valence-electron chi connectivity index (χ0n) is 12.7. The van der Waals surface area contributed by atoms with Gasteiger partial charge in [0.1, 0.15) is 11.5 Å². The van der Waals surface area contributed by atoms with Crippen LogP contribution in [0.3, 0.4) is 0 Å². The van der Waals surface area contributed by atoms with Crippen LogP contribution in [0.5, 0.6) is 11.5 Å². The fraction of sp³-hybridized carbons (Fsp3) is 0.214. The van der Waals surface area contributed by atoms with Gasteiger partial charge in [0.15, 0.2) is 11.0 Å². The van der Waals surface area contributed by atoms with Gasteiger partial charge in [0.05, 0.1) is 19.9 Å². The van der Waals surface area contributed by atoms with Crippen LogP contribution < -0.4 is 25.4 Å². The molecule has 0 aromatic heterocycles. The number of amides is 3. The Kier molecular flexibility index (Phi) is 5.09. The lowest BCUT2D eigenvalue weighted by Gasteiger charge is -2.21. The molecule has 2 rings (SSSR count). The molecule has 0 unspecified atom stereocenters. The lowest BCUT2D eigenvalue weighted by molar-refractivity contribution is -0.146. The van der Waals surface area contributed by atoms with Gasteiger partial charge in [-0.25, -0.2) is 0 Å². The van der Waals surface area contributed by atoms with Gasteiger partial charge in [0.2, 0.25) is 17.6 Å². The van der Waals surface area contributed by atoms with E-state index in [0.717, 1.165) is 0 Å². The molecule has 1 fully saturated rings. The quantitative estimate of drug-likeness (QED) is 0.366. The largest absolute Gasteiger partial charge is 0.497 e. The molecule has 24 heavy (non-hydrogen) atoms. The summed E-state index contributed by atoms with van der Waals surface area (Å²) < 4.78 is 10.1. The second kappa shape index (κ2) is 7.04. The van der Waals surface area contributed by atoms with Crippen LogP contribution in [0.4, 0.5) is 5.69 Å². The Bertz CT molecular complexity index is 728. The number of thiocarbonyl (C=S) groups is 1. The van der Waals surface area contributed by atoms with Crippen LogP contribution in [0.25, 0.3) is 0 Å². The Morgan fingerprint density at radius 1 is 1.12 bits per heavy atom. The van der Waals surface area contributed by atoms with Crippen molar-refractivity contribution in [3.63, 3.8) is 0 Å². The molecule has 9 nitrogen and oxygen atoms in total. The van der Waals surface area contributed by atoms with Crippen molar-refractivity contribution >= 4 is 46.5 Å². The summed E-state index contributed by atoms with van der Waals surface area (Å²) in [6.07, 6.45) is 0. The summed E-state index contributed by atoms with van der Waals surface area (Å²) in [5.74, 6) is -5.34. The third-order valence-corrected chi connectivity index (χ3v) is 3.34. The monoisotopic (exact) mass is 351 g/mol. The van der Waals surface area contributed by atoms with E-state index in [9.17, 15) is 19.2 Å². The van der Waals surface area contributed by atoms with Crippen molar-refractivity contribution in [1.82, 2.24) is 10.6 Å². The first-order chi connectivity index (χ1) is 11.4. The average molecular weight is 351 g/mol. The number of Topliss-reactive ketones (excluding diaryl/α,β-unsaturated/α-hetero) is 1. The number of methoxy groups -OCH3 is 2. The second-order valence-electron chi connectivity index (χ2n) is 4.63. The molecule has 0 atom stereocenters. The van der Waals surface area contributed by atoms with Crippen molar-refractivity contribution in [2.45, 2.75) is 0 Å². The summed E-state index contributed by atoms with van der Waals surface area (Å²) in [5, 5.41) is 6.31. The number of carbonyl (C=O) groups is 4. The lowest BCUT2D eigenvalue weighted by Crippen LogP contribution is -2.59. The molecule has 0 spiro atoms. The standard InChI is InChI=1S/C14H13N3O6S/c1-22-6-3-4-7(8(5-6)23-2)15-13(21)10(18)9-11(19)16-14(24)17-12(9)20/h3-5,9H,1-2H3,(H,15,21)(H2,16,17,19,20,24). The van der Waals surface area contributed by atoms with Gasteiger partial charge in [-0.3, -0.25) is 19.2 Å². The fourth-order valence-electron chi connectivity index (χ4n) is 1.97. The molecule has 0 saturated carbocycles. The molecular weight excluding hydrogens is 338 g/mol. The number of hydrogen-bond acceptors (Lipinski definition) is 7. The molecule has 0 radical (unpaired) electrons. The third kappa shape index (κ3) is 3.49. The van der Waals surface area contributed by atoms with Crippen molar-refractivity contribution in [3.05, 3.63) is 18.2 Å². The molecule has 1 aromatic rings. The van der Waals surface area contributed by atoms with Gasteiger partial charge in [-0.05, 0) is 24.4 Å². The van der Waals surface area contributed by atoms with Crippen LogP contribution in [-0.4, -0.2) is 42.8 Å². The molecule has 0 bridgehead atoms. The van der Waals surface area contributed by atoms with E-state index < -0.39 is 29.4 Å². The van der Waals surface area contributed by atoms with E-state index in [1.54, 1.807) is 6.07 Å². The molecule has 3 N–H and O–H groups in total. The minimum Gasteiger partial charge on any atom is -0.497 e. The van der Waals surface area contributed by atoms with E-state index in [-0.39, 0.29) is 16.5 Å². The minimum atomic E-state index is -1.80. The molecule has 126 valence electrons. The second-order valence-corrected chi connectivity index (χ2v) is 5.03. The molecule has 1 saturated heterocycles. The number of anilines is 1. The van der Waals surface area contributed by atoms with Gasteiger partial charge in [-0.15, -0.1) is 0 Å². The molecule has 1 heterocycles. The smallest absolute Gasteiger partial charge is 0.293 e. The van der Waals surface area contributed by atoms with E-state index in [0.29, 0.717) is 5.75 Å². The van der Waals surface area contributed by atoms with E-state index in [1.165, 1.54) is 26.4 Å². The summed E-state index contributed by atoms with van der Waals surface area (Å²) in [5.41, 5.74) is 0.184. The first-order valence-corrected chi connectivity index (χ1v) is 7.01. The maximum atomic E-state index is 12.1. The Morgan fingerprint density at radius 2 is 1.75 bits per heavy atom. The Balaban J connectivity index is 2.17. The number of benzene rings is 1. The third-order valence-electron chi connectivity index (χ3n) is 3.14. The van der Waals surface area contributed by atoms with Gasteiger partial charge >= 0.3 is 0 Å². The number of rotatable bonds is 5. The molecule has 10 heteroatoms. The normalized spacial score (nSPS) is 14.5. The minimum absolute atomic E-state index is 0.184. The average Bonchev–Trinajstić information content (AvgIpc) is 2.54. The SMILES string of the molecule is COc1ccc(NC(=O)C(=O)C2C(=O)NC(=S)NC2=O)c(OC)c1. The van der Waals surface area contributed by atoms with Gasteiger partial charge in [0, 0.05) is 6.07 Å². The zero-order chi connectivity index (χ0) is 17.9. The Labute approximate surface area is 141 Å². The van der Waals surface area contributed by atoms with Gasteiger partial charge in [-0.2, -0.15) is 0 Å². The highest BCUT2D eigenvalue weighted by Gasteiger charge is 2.41. The number of ether oxygens (including phenoxy) is 2. The van der Waals surface area contributed by atoms with Crippen molar-refractivity contribution in [2.75, 3.05) is 19.5 Å². The van der Waals surface area contributed by atoms with E-state index in [1.807, 2.05) is 0 Å². The number of nitrogens with one attached hydrogen (secondary N) is 3. The van der Waals surface area contributed by atoms with Crippen LogP contribution in [0, 0.1) is 5.92 Å². The molecule has 1 aromatic carbocycles. The summed E-state index contributed by atoms with van der Waals surface area (Å²) >= 11 is 4.62. The molecule has 0 aliphatic carbocycles. The number of ketones is 1. The molecule has 1 aliphatic rings. The number of carbonyl (C=O) groups excluding carboxylic acids is 4. The van der Waals surface area contributed by atoms with Crippen molar-refractivity contribution in [3.8, 4) is 11.5 Å². The summed E-state index contributed by atoms with van der Waals surface area (Å²) in [6.45, 7) is 0. The predicted octanol–water partition coefficient (Wildman–Crippen LogP) is -0.641. The summed E-state index contributed by atoms with van der Waals surface area (Å²) in [4.78, 5) is 47.6. The summed E-state index contributed by atoms with van der Waals surface area (Å²) in [6, 6.07) is 4.50. The summed E-state index contributed by atoms with van der Waals surface area (Å²) in [7, 11) is 2.83. The van der Waals surface area contributed by atoms with E-state index in [4.69, 9.17) is 9.47 Å². The highest BCUT2D eigenvalue weighted by molar-refractivity contribution is 7.80. The molecule has 1 aliphatic heterocycles. The number of hydrogen-bond donors (Lipinski definition) is 3. The highest BCUT2D eigenvalue weighted by Crippen LogP contribution is 2.29. The van der Waals surface area contributed by atoms with Crippen LogP contribution in [0.1, 0.15) is 0 Å². The zero-order valence-corrected chi connectivity index (χ0v) is 13.5. The fourth-order valence-corrected chi connectivity index (χ4v) is 2.17. The van der Waals surface area contributed by atoms with Crippen LogP contribution in [0.15, 0.2) is 18.2 Å². The molecular formula is C14H13N3O6S. The van der Waals surface area contributed by atoms with Crippen molar-refractivity contribution < 1.29 is 28.7 Å². The predicted molar refractivity (Wildman–Crippen MR) is 85.6 cm³/mol. The maximum Gasteiger partial charge on any atom is 0.293 e. The topological polar surface area (TPSA) is 123 Å². The van der Waals surface area contributed by atoms with Crippen molar-refractivity contribution in [2.24, 2.45) is 5.92 Å². The molecule has 3 amide bonds.